The first-order chi connectivity index (χ1) is 11.6. The van der Waals surface area contributed by atoms with Crippen molar-refractivity contribution in [2.24, 2.45) is 0 Å². The van der Waals surface area contributed by atoms with Gasteiger partial charge in [-0.2, -0.15) is 0 Å². The van der Waals surface area contributed by atoms with Gasteiger partial charge in [0.15, 0.2) is 0 Å². The number of rotatable bonds is 4. The lowest BCUT2D eigenvalue weighted by Gasteiger charge is -2.17. The average Bonchev–Trinajstić information content (AvgIpc) is 2.64. The van der Waals surface area contributed by atoms with E-state index < -0.39 is 0 Å². The van der Waals surface area contributed by atoms with Gasteiger partial charge in [0.1, 0.15) is 0 Å². The molecule has 3 aromatic rings. The van der Waals surface area contributed by atoms with Crippen LogP contribution in [0.3, 0.4) is 0 Å². The second-order valence-corrected chi connectivity index (χ2v) is 6.17. The first kappa shape index (κ1) is 16.3. The van der Waals surface area contributed by atoms with Gasteiger partial charge in [-0.25, -0.2) is 0 Å². The number of carbonyl (C=O) groups is 1. The largest absolute Gasteiger partial charge is 0.337 e. The van der Waals surface area contributed by atoms with Crippen LogP contribution >= 0.6 is 11.6 Å². The summed E-state index contributed by atoms with van der Waals surface area (Å²) in [7, 11) is 1.81. The molecule has 0 N–H and O–H groups in total. The quantitative estimate of drug-likeness (QED) is 0.635. The van der Waals surface area contributed by atoms with Crippen LogP contribution in [-0.4, -0.2) is 17.9 Å². The molecule has 0 aliphatic rings. The number of nitrogens with zero attached hydrogens (tertiary/aromatic N) is 1. The number of hydrogen-bond donors (Lipinski definition) is 0. The standard InChI is InChI=1S/C21H18ClNO/c1-23(15-16-7-13-20(22)14-8-16)21(24)19-11-9-18(10-12-19)17-5-3-2-4-6-17/h2-14H,15H2,1H3. The average molecular weight is 336 g/mol. The topological polar surface area (TPSA) is 20.3 Å². The van der Waals surface area contributed by atoms with Gasteiger partial charge in [0.05, 0.1) is 0 Å². The number of benzene rings is 3. The molecule has 0 aromatic heterocycles. The predicted octanol–water partition coefficient (Wildman–Crippen LogP) is 5.28. The van der Waals surface area contributed by atoms with Crippen molar-refractivity contribution in [2.45, 2.75) is 6.54 Å². The smallest absolute Gasteiger partial charge is 0.253 e. The number of hydrogen-bond acceptors (Lipinski definition) is 1. The van der Waals surface area contributed by atoms with E-state index in [1.54, 1.807) is 4.90 Å². The van der Waals surface area contributed by atoms with Gasteiger partial charge in [-0.1, -0.05) is 66.2 Å². The minimum Gasteiger partial charge on any atom is -0.337 e. The Hall–Kier alpha value is -2.58. The van der Waals surface area contributed by atoms with Crippen LogP contribution in [0.5, 0.6) is 0 Å². The highest BCUT2D eigenvalue weighted by Gasteiger charge is 2.12. The molecule has 0 radical (unpaired) electrons. The molecular formula is C21H18ClNO. The molecule has 3 aromatic carbocycles. The van der Waals surface area contributed by atoms with Gasteiger partial charge in [-0.3, -0.25) is 4.79 Å². The SMILES string of the molecule is CN(Cc1ccc(Cl)cc1)C(=O)c1ccc(-c2ccccc2)cc1. The summed E-state index contributed by atoms with van der Waals surface area (Å²) in [6.07, 6.45) is 0. The van der Waals surface area contributed by atoms with Crippen molar-refractivity contribution < 1.29 is 4.79 Å². The van der Waals surface area contributed by atoms with E-state index in [-0.39, 0.29) is 5.91 Å². The Bertz CT molecular complexity index is 811. The second kappa shape index (κ2) is 7.33. The molecule has 2 nitrogen and oxygen atoms in total. The van der Waals surface area contributed by atoms with Crippen molar-refractivity contribution in [3.8, 4) is 11.1 Å². The zero-order valence-electron chi connectivity index (χ0n) is 13.4. The Labute approximate surface area is 147 Å². The normalized spacial score (nSPS) is 10.4. The third kappa shape index (κ3) is 3.84. The third-order valence-electron chi connectivity index (χ3n) is 3.92. The Balaban J connectivity index is 1.71. The molecule has 0 atom stereocenters. The van der Waals surface area contributed by atoms with Gasteiger partial charge >= 0.3 is 0 Å². The van der Waals surface area contributed by atoms with E-state index in [1.807, 2.05) is 73.8 Å². The maximum absolute atomic E-state index is 12.6. The Morgan fingerprint density at radius 1 is 0.833 bits per heavy atom. The molecule has 3 heteroatoms. The van der Waals surface area contributed by atoms with E-state index in [2.05, 4.69) is 12.1 Å². The lowest BCUT2D eigenvalue weighted by Crippen LogP contribution is -2.26. The molecule has 0 fully saturated rings. The highest BCUT2D eigenvalue weighted by molar-refractivity contribution is 6.30. The van der Waals surface area contributed by atoms with Crippen LogP contribution in [0.1, 0.15) is 15.9 Å². The molecular weight excluding hydrogens is 318 g/mol. The Kier molecular flexibility index (Phi) is 4.97. The molecule has 0 saturated heterocycles. The van der Waals surface area contributed by atoms with Gasteiger partial charge in [0, 0.05) is 24.2 Å². The molecule has 0 heterocycles. The van der Waals surface area contributed by atoms with Crippen molar-refractivity contribution in [2.75, 3.05) is 7.05 Å². The fourth-order valence-electron chi connectivity index (χ4n) is 2.59. The zero-order chi connectivity index (χ0) is 16.9. The molecule has 0 aliphatic carbocycles. The lowest BCUT2D eigenvalue weighted by molar-refractivity contribution is 0.0785. The molecule has 0 aliphatic heterocycles. The molecule has 0 bridgehead atoms. The van der Waals surface area contributed by atoms with Crippen LogP contribution in [-0.2, 0) is 6.54 Å². The van der Waals surface area contributed by atoms with Gasteiger partial charge in [-0.05, 0) is 41.0 Å². The van der Waals surface area contributed by atoms with Crippen molar-refractivity contribution in [1.29, 1.82) is 0 Å². The van der Waals surface area contributed by atoms with Crippen LogP contribution in [0, 0.1) is 0 Å². The summed E-state index contributed by atoms with van der Waals surface area (Å²) in [5.74, 6) is 0.00422. The summed E-state index contributed by atoms with van der Waals surface area (Å²) in [6.45, 7) is 0.552. The summed E-state index contributed by atoms with van der Waals surface area (Å²) in [5, 5.41) is 0.698. The molecule has 120 valence electrons. The molecule has 1 amide bonds. The minimum absolute atomic E-state index is 0.00422. The van der Waals surface area contributed by atoms with Gasteiger partial charge in [0.25, 0.3) is 5.91 Å². The summed E-state index contributed by atoms with van der Waals surface area (Å²) in [4.78, 5) is 14.3. The maximum atomic E-state index is 12.6. The monoisotopic (exact) mass is 335 g/mol. The third-order valence-corrected chi connectivity index (χ3v) is 4.17. The number of carbonyl (C=O) groups excluding carboxylic acids is 1. The van der Waals surface area contributed by atoms with Crippen LogP contribution in [0.4, 0.5) is 0 Å². The lowest BCUT2D eigenvalue weighted by atomic mass is 10.0. The van der Waals surface area contributed by atoms with E-state index in [0.29, 0.717) is 17.1 Å². The Morgan fingerprint density at radius 3 is 2.04 bits per heavy atom. The van der Waals surface area contributed by atoms with Gasteiger partial charge < -0.3 is 4.90 Å². The van der Waals surface area contributed by atoms with E-state index in [0.717, 1.165) is 16.7 Å². The maximum Gasteiger partial charge on any atom is 0.253 e. The van der Waals surface area contributed by atoms with E-state index in [9.17, 15) is 4.79 Å². The van der Waals surface area contributed by atoms with E-state index >= 15 is 0 Å². The van der Waals surface area contributed by atoms with Crippen LogP contribution in [0.25, 0.3) is 11.1 Å². The fraction of sp³-hybridized carbons (Fsp3) is 0.0952. The molecule has 0 saturated carbocycles. The second-order valence-electron chi connectivity index (χ2n) is 5.73. The minimum atomic E-state index is 0.00422. The Morgan fingerprint density at radius 2 is 1.42 bits per heavy atom. The summed E-state index contributed by atoms with van der Waals surface area (Å²) < 4.78 is 0. The van der Waals surface area contributed by atoms with E-state index in [1.165, 1.54) is 0 Å². The van der Waals surface area contributed by atoms with Gasteiger partial charge in [-0.15, -0.1) is 0 Å². The van der Waals surface area contributed by atoms with E-state index in [4.69, 9.17) is 11.6 Å². The fourth-order valence-corrected chi connectivity index (χ4v) is 2.72. The molecule has 0 spiro atoms. The predicted molar refractivity (Wildman–Crippen MR) is 99.1 cm³/mol. The number of amides is 1. The van der Waals surface area contributed by atoms with Crippen LogP contribution in [0.15, 0.2) is 78.9 Å². The molecule has 24 heavy (non-hydrogen) atoms. The van der Waals surface area contributed by atoms with Crippen molar-refractivity contribution >= 4 is 17.5 Å². The summed E-state index contributed by atoms with van der Waals surface area (Å²) in [5.41, 5.74) is 3.99. The first-order valence-electron chi connectivity index (χ1n) is 7.79. The summed E-state index contributed by atoms with van der Waals surface area (Å²) in [6, 6.07) is 25.4. The zero-order valence-corrected chi connectivity index (χ0v) is 14.2. The molecule has 0 unspecified atom stereocenters. The summed E-state index contributed by atoms with van der Waals surface area (Å²) >= 11 is 5.89. The first-order valence-corrected chi connectivity index (χ1v) is 8.17. The van der Waals surface area contributed by atoms with Crippen molar-refractivity contribution in [3.05, 3.63) is 95.0 Å². The van der Waals surface area contributed by atoms with Crippen LogP contribution < -0.4 is 0 Å². The van der Waals surface area contributed by atoms with Crippen molar-refractivity contribution in [3.63, 3.8) is 0 Å². The highest BCUT2D eigenvalue weighted by atomic mass is 35.5. The molecule has 3 rings (SSSR count). The van der Waals surface area contributed by atoms with Gasteiger partial charge in [0.2, 0.25) is 0 Å². The highest BCUT2D eigenvalue weighted by Crippen LogP contribution is 2.20. The van der Waals surface area contributed by atoms with Crippen molar-refractivity contribution in [1.82, 2.24) is 4.90 Å². The van der Waals surface area contributed by atoms with Crippen LogP contribution in [0.2, 0.25) is 5.02 Å². The number of halogens is 1.